The van der Waals surface area contributed by atoms with Gasteiger partial charge in [0, 0.05) is 18.0 Å². The van der Waals surface area contributed by atoms with E-state index in [-0.39, 0.29) is 5.91 Å². The molecule has 3 saturated heterocycles. The Morgan fingerprint density at radius 3 is 2.90 bits per heavy atom. The van der Waals surface area contributed by atoms with E-state index < -0.39 is 0 Å². The Labute approximate surface area is 123 Å². The van der Waals surface area contributed by atoms with Crippen molar-refractivity contribution in [2.45, 2.75) is 25.3 Å². The number of aromatic amines is 1. The van der Waals surface area contributed by atoms with Gasteiger partial charge in [0.1, 0.15) is 0 Å². The van der Waals surface area contributed by atoms with Crippen LogP contribution in [0.25, 0.3) is 10.9 Å². The average molecular weight is 284 g/mol. The molecular weight excluding hydrogens is 264 g/mol. The standard InChI is InChI=1S/C16H20N4O/c21-16(17-15-10-20-7-5-11(15)6-8-20)9-14-12-3-1-2-4-13(12)18-19-14/h1-4,11,15H,5-10H2,(H,17,21)(H,18,19). The van der Waals surface area contributed by atoms with E-state index in [9.17, 15) is 4.79 Å². The van der Waals surface area contributed by atoms with Crippen LogP contribution in [0, 0.1) is 5.92 Å². The molecule has 3 aliphatic rings. The third-order valence-electron chi connectivity index (χ3n) is 4.88. The summed E-state index contributed by atoms with van der Waals surface area (Å²) >= 11 is 0. The van der Waals surface area contributed by atoms with Crippen LogP contribution in [0.4, 0.5) is 0 Å². The number of fused-ring (bicyclic) bond motifs is 4. The molecule has 110 valence electrons. The summed E-state index contributed by atoms with van der Waals surface area (Å²) in [5, 5.41) is 11.5. The number of carbonyl (C=O) groups excluding carboxylic acids is 1. The van der Waals surface area contributed by atoms with Gasteiger partial charge in [-0.15, -0.1) is 0 Å². The van der Waals surface area contributed by atoms with Crippen LogP contribution in [0.5, 0.6) is 0 Å². The van der Waals surface area contributed by atoms with Crippen LogP contribution in [-0.2, 0) is 11.2 Å². The van der Waals surface area contributed by atoms with Gasteiger partial charge in [-0.1, -0.05) is 18.2 Å². The van der Waals surface area contributed by atoms with Crippen molar-refractivity contribution in [1.29, 1.82) is 0 Å². The lowest BCUT2D eigenvalue weighted by Gasteiger charge is -2.44. The van der Waals surface area contributed by atoms with E-state index in [4.69, 9.17) is 0 Å². The summed E-state index contributed by atoms with van der Waals surface area (Å²) in [7, 11) is 0. The Kier molecular flexibility index (Phi) is 3.15. The van der Waals surface area contributed by atoms with Crippen molar-refractivity contribution in [2.75, 3.05) is 19.6 Å². The van der Waals surface area contributed by atoms with Gasteiger partial charge < -0.3 is 10.2 Å². The highest BCUT2D eigenvalue weighted by molar-refractivity contribution is 5.87. The van der Waals surface area contributed by atoms with Crippen molar-refractivity contribution in [1.82, 2.24) is 20.4 Å². The molecule has 1 aromatic carbocycles. The number of benzene rings is 1. The van der Waals surface area contributed by atoms with Crippen LogP contribution in [-0.4, -0.2) is 46.7 Å². The van der Waals surface area contributed by atoms with Crippen LogP contribution < -0.4 is 5.32 Å². The Balaban J connectivity index is 1.44. The molecule has 1 amide bonds. The molecule has 5 nitrogen and oxygen atoms in total. The van der Waals surface area contributed by atoms with Crippen molar-refractivity contribution in [3.63, 3.8) is 0 Å². The number of carbonyl (C=O) groups is 1. The molecule has 3 aliphatic heterocycles. The third kappa shape index (κ3) is 2.42. The average Bonchev–Trinajstić information content (AvgIpc) is 2.92. The number of para-hydroxylation sites is 1. The van der Waals surface area contributed by atoms with E-state index in [0.29, 0.717) is 18.4 Å². The second-order valence-electron chi connectivity index (χ2n) is 6.21. The first-order chi connectivity index (χ1) is 10.3. The summed E-state index contributed by atoms with van der Waals surface area (Å²) in [6.07, 6.45) is 2.82. The van der Waals surface area contributed by atoms with Crippen LogP contribution in [0.1, 0.15) is 18.5 Å². The van der Waals surface area contributed by atoms with E-state index in [2.05, 4.69) is 20.4 Å². The smallest absolute Gasteiger partial charge is 0.226 e. The molecule has 1 atom stereocenters. The number of hydrogen-bond acceptors (Lipinski definition) is 3. The monoisotopic (exact) mass is 284 g/mol. The molecule has 2 aromatic rings. The molecule has 0 aliphatic carbocycles. The first-order valence-electron chi connectivity index (χ1n) is 7.73. The number of hydrogen-bond donors (Lipinski definition) is 2. The van der Waals surface area contributed by atoms with Crippen LogP contribution >= 0.6 is 0 Å². The lowest BCUT2D eigenvalue weighted by Crippen LogP contribution is -2.57. The molecule has 2 N–H and O–H groups in total. The second-order valence-corrected chi connectivity index (χ2v) is 6.21. The number of rotatable bonds is 3. The lowest BCUT2D eigenvalue weighted by atomic mass is 9.84. The summed E-state index contributed by atoms with van der Waals surface area (Å²) in [6, 6.07) is 8.23. The Bertz CT molecular complexity index is 657. The summed E-state index contributed by atoms with van der Waals surface area (Å²) in [5.41, 5.74) is 1.83. The molecule has 21 heavy (non-hydrogen) atoms. The van der Waals surface area contributed by atoms with Crippen molar-refractivity contribution in [3.8, 4) is 0 Å². The zero-order valence-electron chi connectivity index (χ0n) is 12.0. The third-order valence-corrected chi connectivity index (χ3v) is 4.88. The predicted molar refractivity (Wildman–Crippen MR) is 80.9 cm³/mol. The number of nitrogens with one attached hydrogen (secondary N) is 2. The van der Waals surface area contributed by atoms with Crippen molar-refractivity contribution in [2.24, 2.45) is 5.92 Å². The maximum atomic E-state index is 12.3. The number of H-pyrrole nitrogens is 1. The van der Waals surface area contributed by atoms with E-state index >= 15 is 0 Å². The zero-order valence-corrected chi connectivity index (χ0v) is 12.0. The normalized spacial score (nSPS) is 27.9. The van der Waals surface area contributed by atoms with Gasteiger partial charge in [0.15, 0.2) is 0 Å². The summed E-state index contributed by atoms with van der Waals surface area (Å²) < 4.78 is 0. The molecule has 1 unspecified atom stereocenters. The highest BCUT2D eigenvalue weighted by Crippen LogP contribution is 2.27. The number of piperidine rings is 3. The molecule has 5 rings (SSSR count). The largest absolute Gasteiger partial charge is 0.351 e. The van der Waals surface area contributed by atoms with E-state index in [0.717, 1.165) is 23.1 Å². The number of amides is 1. The Morgan fingerprint density at radius 2 is 2.14 bits per heavy atom. The summed E-state index contributed by atoms with van der Waals surface area (Å²) in [5.74, 6) is 0.764. The lowest BCUT2D eigenvalue weighted by molar-refractivity contribution is -0.122. The van der Waals surface area contributed by atoms with Gasteiger partial charge in [-0.3, -0.25) is 9.89 Å². The Hall–Kier alpha value is -1.88. The predicted octanol–water partition coefficient (Wildman–Crippen LogP) is 1.32. The van der Waals surface area contributed by atoms with Crippen molar-refractivity contribution < 1.29 is 4.79 Å². The second kappa shape index (κ2) is 5.15. The molecule has 0 saturated carbocycles. The van der Waals surface area contributed by atoms with Gasteiger partial charge in [-0.25, -0.2) is 0 Å². The highest BCUT2D eigenvalue weighted by Gasteiger charge is 2.34. The Morgan fingerprint density at radius 1 is 1.33 bits per heavy atom. The fourth-order valence-electron chi connectivity index (χ4n) is 3.70. The van der Waals surface area contributed by atoms with Crippen LogP contribution in [0.3, 0.4) is 0 Å². The quantitative estimate of drug-likeness (QED) is 0.893. The molecule has 4 heterocycles. The maximum absolute atomic E-state index is 12.3. The van der Waals surface area contributed by atoms with Gasteiger partial charge in [-0.05, 0) is 37.9 Å². The number of aromatic nitrogens is 2. The molecule has 1 aromatic heterocycles. The molecular formula is C16H20N4O. The zero-order chi connectivity index (χ0) is 14.2. The van der Waals surface area contributed by atoms with Crippen LogP contribution in [0.15, 0.2) is 24.3 Å². The molecule has 0 radical (unpaired) electrons. The topological polar surface area (TPSA) is 61.0 Å². The van der Waals surface area contributed by atoms with Crippen molar-refractivity contribution in [3.05, 3.63) is 30.0 Å². The highest BCUT2D eigenvalue weighted by atomic mass is 16.1. The minimum absolute atomic E-state index is 0.100. The minimum Gasteiger partial charge on any atom is -0.351 e. The fourth-order valence-corrected chi connectivity index (χ4v) is 3.70. The molecule has 5 heteroatoms. The summed E-state index contributed by atoms with van der Waals surface area (Å²) in [6.45, 7) is 3.41. The first-order valence-corrected chi connectivity index (χ1v) is 7.73. The van der Waals surface area contributed by atoms with Gasteiger partial charge >= 0.3 is 0 Å². The van der Waals surface area contributed by atoms with Crippen LogP contribution in [0.2, 0.25) is 0 Å². The van der Waals surface area contributed by atoms with Gasteiger partial charge in [-0.2, -0.15) is 5.10 Å². The van der Waals surface area contributed by atoms with Gasteiger partial charge in [0.25, 0.3) is 0 Å². The van der Waals surface area contributed by atoms with E-state index in [1.54, 1.807) is 0 Å². The minimum atomic E-state index is 0.100. The first kappa shape index (κ1) is 12.8. The van der Waals surface area contributed by atoms with E-state index in [1.807, 2.05) is 24.3 Å². The van der Waals surface area contributed by atoms with Crippen molar-refractivity contribution >= 4 is 16.8 Å². The number of nitrogens with zero attached hydrogens (tertiary/aromatic N) is 2. The molecule has 0 spiro atoms. The van der Waals surface area contributed by atoms with E-state index in [1.165, 1.54) is 25.9 Å². The fraction of sp³-hybridized carbons (Fsp3) is 0.500. The van der Waals surface area contributed by atoms with Gasteiger partial charge in [0.2, 0.25) is 5.91 Å². The summed E-state index contributed by atoms with van der Waals surface area (Å²) in [4.78, 5) is 14.8. The maximum Gasteiger partial charge on any atom is 0.226 e. The molecule has 2 bridgehead atoms. The SMILES string of the molecule is O=C(Cc1[nH]nc2ccccc12)NC1CN2CCC1CC2. The molecule has 3 fully saturated rings. The van der Waals surface area contributed by atoms with Gasteiger partial charge in [0.05, 0.1) is 17.6 Å².